The van der Waals surface area contributed by atoms with Crippen molar-refractivity contribution in [3.63, 3.8) is 0 Å². The fraction of sp³-hybridized carbons (Fsp3) is 0.700. The largest absolute Gasteiger partial charge is 0.522 e. The summed E-state index contributed by atoms with van der Waals surface area (Å²) in [5, 5.41) is 0.386. The molecular weight excluding hydrogens is 436 g/mol. The summed E-state index contributed by atoms with van der Waals surface area (Å²) < 4.78 is 63.6. The van der Waals surface area contributed by atoms with Gasteiger partial charge in [-0.25, -0.2) is 9.18 Å². The van der Waals surface area contributed by atoms with Crippen LogP contribution in [0.4, 0.5) is 17.6 Å². The molecule has 0 bridgehead atoms. The molecular formula is C20H26F4N4O4. The van der Waals surface area contributed by atoms with Crippen LogP contribution in [0, 0.1) is 5.92 Å². The molecule has 4 rings (SSSR count). The van der Waals surface area contributed by atoms with Crippen molar-refractivity contribution in [1.29, 1.82) is 0 Å². The average Bonchev–Trinajstić information content (AvgIpc) is 3.43. The molecule has 3 aliphatic rings. The highest BCUT2D eigenvalue weighted by molar-refractivity contribution is 5.60. The summed E-state index contributed by atoms with van der Waals surface area (Å²) in [6.07, 6.45) is -4.38. The molecule has 0 aromatic carbocycles. The molecule has 0 spiro atoms. The highest BCUT2D eigenvalue weighted by atomic mass is 19.4. The third kappa shape index (κ3) is 4.11. The third-order valence-electron chi connectivity index (χ3n) is 6.56. The number of nitrogens with zero attached hydrogens (tertiary/aromatic N) is 2. The first-order valence-corrected chi connectivity index (χ1v) is 10.5. The van der Waals surface area contributed by atoms with Crippen LogP contribution in [-0.2, 0) is 9.47 Å². The van der Waals surface area contributed by atoms with Gasteiger partial charge in [-0.2, -0.15) is 0 Å². The van der Waals surface area contributed by atoms with Gasteiger partial charge in [0.25, 0.3) is 5.56 Å². The number of nitrogens with two attached hydrogens (primary N) is 1. The molecule has 12 heteroatoms. The van der Waals surface area contributed by atoms with Crippen molar-refractivity contribution in [1.82, 2.24) is 14.5 Å². The summed E-state index contributed by atoms with van der Waals surface area (Å²) >= 11 is 0. The number of hydrogen-bond donors (Lipinski definition) is 2. The number of alkyl halides is 4. The van der Waals surface area contributed by atoms with Crippen LogP contribution < -0.4 is 27.6 Å². The lowest BCUT2D eigenvalue weighted by molar-refractivity contribution is -0.326. The van der Waals surface area contributed by atoms with E-state index in [9.17, 15) is 22.8 Å². The monoisotopic (exact) mass is 462 g/mol. The number of H-pyrrole nitrogens is 1. The molecule has 32 heavy (non-hydrogen) atoms. The maximum absolute atomic E-state index is 15.6. The van der Waals surface area contributed by atoms with E-state index in [1.165, 1.54) is 18.6 Å². The van der Waals surface area contributed by atoms with E-state index in [1.807, 2.05) is 0 Å². The molecule has 1 saturated carbocycles. The van der Waals surface area contributed by atoms with Crippen molar-refractivity contribution < 1.29 is 27.0 Å². The SMILES string of the molecule is COC1=c2c(c(=O)[nH]c(=O)n2C2CC2)=C(C)C(F)C1N1CCC(C(N)COC(F)(F)F)C1. The molecule has 2 aliphatic carbocycles. The first-order chi connectivity index (χ1) is 15.0. The van der Waals surface area contributed by atoms with Gasteiger partial charge < -0.3 is 10.5 Å². The van der Waals surface area contributed by atoms with E-state index in [0.29, 0.717) is 13.0 Å². The van der Waals surface area contributed by atoms with E-state index in [4.69, 9.17) is 10.5 Å². The first-order valence-electron chi connectivity index (χ1n) is 10.5. The number of methoxy groups -OCH3 is 1. The molecule has 2 heterocycles. The summed E-state index contributed by atoms with van der Waals surface area (Å²) in [7, 11) is 1.36. The molecule has 8 nitrogen and oxygen atoms in total. The fourth-order valence-electron chi connectivity index (χ4n) is 4.80. The number of likely N-dealkylation sites (tertiary alicyclic amines) is 1. The van der Waals surface area contributed by atoms with Gasteiger partial charge in [-0.15, -0.1) is 13.2 Å². The number of aromatic nitrogens is 2. The summed E-state index contributed by atoms with van der Waals surface area (Å²) in [6.45, 7) is 1.44. The molecule has 3 N–H and O–H groups in total. The van der Waals surface area contributed by atoms with Crippen molar-refractivity contribution in [2.45, 2.75) is 56.8 Å². The Balaban J connectivity index is 1.72. The highest BCUT2D eigenvalue weighted by Crippen LogP contribution is 2.34. The Labute approximate surface area is 180 Å². The standard InChI is InChI=1S/C20H26F4N4O4/c1-9-13-15(28(11-3-4-11)19(30)26-18(13)29)17(31-2)16(14(9)21)27-6-5-10(7-27)12(25)8-32-20(22,23)24/h10-12,14,16H,3-8,25H2,1-2H3,(H,26,29,30). The minimum absolute atomic E-state index is 0.0953. The quantitative estimate of drug-likeness (QED) is 0.563. The summed E-state index contributed by atoms with van der Waals surface area (Å²) in [6, 6.07) is -1.89. The van der Waals surface area contributed by atoms with Crippen molar-refractivity contribution in [3.05, 3.63) is 31.4 Å². The summed E-state index contributed by atoms with van der Waals surface area (Å²) in [5.74, 6) is -0.164. The number of ether oxygens (including phenoxy) is 2. The maximum Gasteiger partial charge on any atom is 0.522 e. The van der Waals surface area contributed by atoms with Crippen LogP contribution in [0.5, 0.6) is 0 Å². The normalized spacial score (nSPS) is 27.5. The molecule has 0 amide bonds. The zero-order valence-electron chi connectivity index (χ0n) is 17.7. The highest BCUT2D eigenvalue weighted by Gasteiger charge is 2.43. The van der Waals surface area contributed by atoms with Crippen LogP contribution in [0.25, 0.3) is 11.3 Å². The molecule has 4 atom stereocenters. The lowest BCUT2D eigenvalue weighted by Gasteiger charge is -2.35. The summed E-state index contributed by atoms with van der Waals surface area (Å²) in [5.41, 5.74) is 4.87. The molecule has 1 saturated heterocycles. The van der Waals surface area contributed by atoms with E-state index < -0.39 is 42.5 Å². The number of fused-ring (bicyclic) bond motifs is 1. The van der Waals surface area contributed by atoms with Gasteiger partial charge in [0.2, 0.25) is 0 Å². The van der Waals surface area contributed by atoms with Gasteiger partial charge in [0.1, 0.15) is 18.0 Å². The van der Waals surface area contributed by atoms with Gasteiger partial charge in [-0.1, -0.05) is 0 Å². The minimum atomic E-state index is -4.77. The lowest BCUT2D eigenvalue weighted by Crippen LogP contribution is -2.62. The van der Waals surface area contributed by atoms with Gasteiger partial charge >= 0.3 is 12.1 Å². The van der Waals surface area contributed by atoms with Crippen LogP contribution in [-0.4, -0.2) is 65.9 Å². The number of nitrogens with one attached hydrogen (secondary N) is 1. The lowest BCUT2D eigenvalue weighted by atomic mass is 9.94. The van der Waals surface area contributed by atoms with E-state index in [1.54, 1.807) is 4.90 Å². The fourth-order valence-corrected chi connectivity index (χ4v) is 4.80. The van der Waals surface area contributed by atoms with E-state index >= 15 is 4.39 Å². The van der Waals surface area contributed by atoms with Crippen LogP contribution in [0.15, 0.2) is 9.59 Å². The number of hydrogen-bond acceptors (Lipinski definition) is 6. The van der Waals surface area contributed by atoms with Gasteiger partial charge in [-0.05, 0) is 44.2 Å². The zero-order valence-corrected chi connectivity index (χ0v) is 17.7. The van der Waals surface area contributed by atoms with E-state index in [0.717, 1.165) is 12.8 Å². The summed E-state index contributed by atoms with van der Waals surface area (Å²) in [4.78, 5) is 29.2. The predicted octanol–water partition coefficient (Wildman–Crippen LogP) is -0.297. The van der Waals surface area contributed by atoms with E-state index in [-0.39, 0.29) is 40.4 Å². The topological polar surface area (TPSA) is 103 Å². The van der Waals surface area contributed by atoms with Gasteiger partial charge in [0, 0.05) is 18.6 Å². The van der Waals surface area contributed by atoms with Crippen LogP contribution in [0.1, 0.15) is 32.2 Å². The second kappa shape index (κ2) is 8.31. The Kier molecular flexibility index (Phi) is 5.97. The molecule has 1 aromatic rings. The number of aromatic amines is 1. The Hall–Kier alpha value is -2.18. The maximum atomic E-state index is 15.6. The van der Waals surface area contributed by atoms with Crippen LogP contribution in [0.2, 0.25) is 0 Å². The second-order valence-corrected chi connectivity index (χ2v) is 8.65. The van der Waals surface area contributed by atoms with Crippen molar-refractivity contribution in [2.75, 3.05) is 26.8 Å². The first kappa shape index (κ1) is 23.0. The molecule has 0 radical (unpaired) electrons. The molecule has 178 valence electrons. The van der Waals surface area contributed by atoms with Crippen LogP contribution >= 0.6 is 0 Å². The van der Waals surface area contributed by atoms with E-state index in [2.05, 4.69) is 9.72 Å². The van der Waals surface area contributed by atoms with Gasteiger partial charge in [-0.3, -0.25) is 24.0 Å². The number of halogens is 4. The minimum Gasteiger partial charge on any atom is -0.497 e. The van der Waals surface area contributed by atoms with Crippen molar-refractivity contribution in [3.8, 4) is 0 Å². The van der Waals surface area contributed by atoms with Crippen molar-refractivity contribution >= 4 is 11.3 Å². The molecule has 1 aliphatic heterocycles. The third-order valence-corrected chi connectivity index (χ3v) is 6.56. The Morgan fingerprint density at radius 2 is 1.94 bits per heavy atom. The molecule has 2 fully saturated rings. The molecule has 1 aromatic heterocycles. The number of rotatable bonds is 6. The Morgan fingerprint density at radius 1 is 1.25 bits per heavy atom. The smallest absolute Gasteiger partial charge is 0.497 e. The Morgan fingerprint density at radius 3 is 2.53 bits per heavy atom. The van der Waals surface area contributed by atoms with Gasteiger partial charge in [0.15, 0.2) is 0 Å². The van der Waals surface area contributed by atoms with Crippen LogP contribution in [0.3, 0.4) is 0 Å². The second-order valence-electron chi connectivity index (χ2n) is 8.65. The zero-order chi connectivity index (χ0) is 23.4. The average molecular weight is 462 g/mol. The Bertz CT molecular complexity index is 1120. The van der Waals surface area contributed by atoms with Crippen molar-refractivity contribution in [2.24, 2.45) is 11.7 Å². The molecule has 4 unspecified atom stereocenters. The predicted molar refractivity (Wildman–Crippen MR) is 107 cm³/mol. The van der Waals surface area contributed by atoms with Gasteiger partial charge in [0.05, 0.1) is 24.3 Å².